The monoisotopic (exact) mass is 353 g/mol. The minimum atomic E-state index is -1.10. The zero-order valence-electron chi connectivity index (χ0n) is 13.3. The van der Waals surface area contributed by atoms with Crippen molar-refractivity contribution in [2.24, 2.45) is 0 Å². The number of amides is 1. The number of fused-ring (bicyclic) bond motifs is 1. The Morgan fingerprint density at radius 3 is 2.36 bits per heavy atom. The molecular formula is C20H16ClNO3. The summed E-state index contributed by atoms with van der Waals surface area (Å²) in [6.45, 7) is 0. The number of aliphatic carboxylic acids is 1. The molecule has 0 heterocycles. The van der Waals surface area contributed by atoms with Gasteiger partial charge in [0.2, 0.25) is 0 Å². The normalized spacial score (nSPS) is 11.9. The molecule has 0 bridgehead atoms. The predicted octanol–water partition coefficient (Wildman–Crippen LogP) is 3.92. The third-order valence-corrected chi connectivity index (χ3v) is 4.37. The van der Waals surface area contributed by atoms with Crippen LogP contribution in [0.4, 0.5) is 0 Å². The van der Waals surface area contributed by atoms with Crippen molar-refractivity contribution in [3.05, 3.63) is 82.9 Å². The highest BCUT2D eigenvalue weighted by Crippen LogP contribution is 2.18. The Balaban J connectivity index is 1.80. The van der Waals surface area contributed by atoms with Gasteiger partial charge in [-0.2, -0.15) is 0 Å². The van der Waals surface area contributed by atoms with E-state index in [1.54, 1.807) is 36.4 Å². The lowest BCUT2D eigenvalue weighted by molar-refractivity contribution is -0.139. The van der Waals surface area contributed by atoms with Crippen molar-refractivity contribution >= 4 is 34.2 Å². The van der Waals surface area contributed by atoms with E-state index in [9.17, 15) is 14.7 Å². The Hall–Kier alpha value is -2.85. The van der Waals surface area contributed by atoms with Crippen molar-refractivity contribution in [1.29, 1.82) is 0 Å². The lowest BCUT2D eigenvalue weighted by Gasteiger charge is -2.15. The summed E-state index contributed by atoms with van der Waals surface area (Å²) >= 11 is 6.09. The summed E-state index contributed by atoms with van der Waals surface area (Å²) in [5.74, 6) is -1.53. The summed E-state index contributed by atoms with van der Waals surface area (Å²) < 4.78 is 0. The smallest absolute Gasteiger partial charge is 0.326 e. The van der Waals surface area contributed by atoms with Crippen LogP contribution in [0.2, 0.25) is 5.02 Å². The molecular weight excluding hydrogens is 338 g/mol. The van der Waals surface area contributed by atoms with Gasteiger partial charge in [0, 0.05) is 17.0 Å². The zero-order chi connectivity index (χ0) is 17.8. The van der Waals surface area contributed by atoms with Crippen LogP contribution in [0.25, 0.3) is 10.8 Å². The van der Waals surface area contributed by atoms with E-state index in [-0.39, 0.29) is 6.42 Å². The lowest BCUT2D eigenvalue weighted by atomic mass is 10.0. The molecule has 25 heavy (non-hydrogen) atoms. The Kier molecular flexibility index (Phi) is 5.00. The molecule has 0 unspecified atom stereocenters. The maximum absolute atomic E-state index is 12.5. The van der Waals surface area contributed by atoms with Crippen LogP contribution in [0.1, 0.15) is 15.9 Å². The van der Waals surface area contributed by atoms with Crippen molar-refractivity contribution in [2.75, 3.05) is 0 Å². The number of halogens is 1. The van der Waals surface area contributed by atoms with E-state index in [4.69, 9.17) is 11.6 Å². The number of nitrogens with one attached hydrogen (secondary N) is 1. The number of carbonyl (C=O) groups is 2. The van der Waals surface area contributed by atoms with E-state index >= 15 is 0 Å². The second-order valence-corrected chi connectivity index (χ2v) is 6.13. The molecule has 1 atom stereocenters. The van der Waals surface area contributed by atoms with E-state index in [2.05, 4.69) is 5.32 Å². The number of rotatable bonds is 5. The first-order valence-electron chi connectivity index (χ1n) is 7.80. The molecule has 0 aliphatic heterocycles. The van der Waals surface area contributed by atoms with E-state index in [1.165, 1.54) is 0 Å². The molecule has 0 saturated carbocycles. The van der Waals surface area contributed by atoms with Crippen LogP contribution in [0.3, 0.4) is 0 Å². The standard InChI is InChI=1S/C20H16ClNO3/c21-17-8-4-3-7-15(17)12-18(20(24)25)22-19(23)16-10-9-13-5-1-2-6-14(13)11-16/h1-11,18H,12H2,(H,22,23)(H,24,25)/t18-/m1/s1. The molecule has 3 aromatic rings. The van der Waals surface area contributed by atoms with Gasteiger partial charge in [-0.3, -0.25) is 4.79 Å². The van der Waals surface area contributed by atoms with Crippen molar-refractivity contribution in [2.45, 2.75) is 12.5 Å². The SMILES string of the molecule is O=C(N[C@H](Cc1ccccc1Cl)C(=O)O)c1ccc2ccccc2c1. The van der Waals surface area contributed by atoms with Gasteiger partial charge in [-0.15, -0.1) is 0 Å². The van der Waals surface area contributed by atoms with Crippen molar-refractivity contribution in [1.82, 2.24) is 5.32 Å². The van der Waals surface area contributed by atoms with Gasteiger partial charge in [-0.05, 0) is 34.5 Å². The van der Waals surface area contributed by atoms with E-state index in [0.29, 0.717) is 16.1 Å². The largest absolute Gasteiger partial charge is 0.480 e. The molecule has 0 radical (unpaired) electrons. The van der Waals surface area contributed by atoms with Crippen LogP contribution in [-0.4, -0.2) is 23.0 Å². The van der Waals surface area contributed by atoms with Gasteiger partial charge < -0.3 is 10.4 Å². The molecule has 0 saturated heterocycles. The topological polar surface area (TPSA) is 66.4 Å². The molecule has 0 aromatic heterocycles. The predicted molar refractivity (Wildman–Crippen MR) is 98.0 cm³/mol. The Morgan fingerprint density at radius 1 is 0.960 bits per heavy atom. The number of carbonyl (C=O) groups excluding carboxylic acids is 1. The third kappa shape index (κ3) is 3.98. The summed E-state index contributed by atoms with van der Waals surface area (Å²) in [5, 5.41) is 14.4. The van der Waals surface area contributed by atoms with Gasteiger partial charge >= 0.3 is 5.97 Å². The number of carboxylic acid groups (broad SMARTS) is 1. The highest BCUT2D eigenvalue weighted by atomic mass is 35.5. The number of benzene rings is 3. The van der Waals surface area contributed by atoms with Crippen LogP contribution in [0.5, 0.6) is 0 Å². The minimum absolute atomic E-state index is 0.119. The molecule has 5 heteroatoms. The summed E-state index contributed by atoms with van der Waals surface area (Å²) in [4.78, 5) is 24.0. The quantitative estimate of drug-likeness (QED) is 0.730. The van der Waals surface area contributed by atoms with Crippen LogP contribution < -0.4 is 5.32 Å². The average Bonchev–Trinajstić information content (AvgIpc) is 2.62. The first-order chi connectivity index (χ1) is 12.0. The Bertz CT molecular complexity index is 939. The third-order valence-electron chi connectivity index (χ3n) is 4.00. The number of hydrogen-bond acceptors (Lipinski definition) is 2. The van der Waals surface area contributed by atoms with Crippen molar-refractivity contribution in [3.63, 3.8) is 0 Å². The first-order valence-corrected chi connectivity index (χ1v) is 8.18. The number of carboxylic acids is 1. The highest BCUT2D eigenvalue weighted by Gasteiger charge is 2.22. The molecule has 126 valence electrons. The van der Waals surface area contributed by atoms with Crippen molar-refractivity contribution < 1.29 is 14.7 Å². The molecule has 4 nitrogen and oxygen atoms in total. The maximum atomic E-state index is 12.5. The summed E-state index contributed by atoms with van der Waals surface area (Å²) in [6.07, 6.45) is 0.119. The summed E-state index contributed by atoms with van der Waals surface area (Å²) in [5.41, 5.74) is 1.10. The van der Waals surface area contributed by atoms with Crippen LogP contribution in [0.15, 0.2) is 66.7 Å². The van der Waals surface area contributed by atoms with Crippen LogP contribution in [-0.2, 0) is 11.2 Å². The van der Waals surface area contributed by atoms with E-state index < -0.39 is 17.9 Å². The van der Waals surface area contributed by atoms with Gasteiger partial charge in [-0.25, -0.2) is 4.79 Å². The fourth-order valence-electron chi connectivity index (χ4n) is 2.66. The molecule has 3 aromatic carbocycles. The molecule has 3 rings (SSSR count). The fourth-order valence-corrected chi connectivity index (χ4v) is 2.87. The summed E-state index contributed by atoms with van der Waals surface area (Å²) in [6, 6.07) is 18.9. The molecule has 1 amide bonds. The Morgan fingerprint density at radius 2 is 1.64 bits per heavy atom. The van der Waals surface area contributed by atoms with Crippen LogP contribution in [0, 0.1) is 0 Å². The van der Waals surface area contributed by atoms with Gasteiger partial charge in [-0.1, -0.05) is 60.1 Å². The molecule has 0 aliphatic carbocycles. The number of hydrogen-bond donors (Lipinski definition) is 2. The maximum Gasteiger partial charge on any atom is 0.326 e. The first kappa shape index (κ1) is 17.0. The van der Waals surface area contributed by atoms with Gasteiger partial charge in [0.05, 0.1) is 0 Å². The molecule has 2 N–H and O–H groups in total. The second-order valence-electron chi connectivity index (χ2n) is 5.72. The second kappa shape index (κ2) is 7.36. The molecule has 0 fully saturated rings. The fraction of sp³-hybridized carbons (Fsp3) is 0.100. The lowest BCUT2D eigenvalue weighted by Crippen LogP contribution is -2.42. The van der Waals surface area contributed by atoms with Gasteiger partial charge in [0.15, 0.2) is 0 Å². The van der Waals surface area contributed by atoms with E-state index in [0.717, 1.165) is 10.8 Å². The average molecular weight is 354 g/mol. The zero-order valence-corrected chi connectivity index (χ0v) is 14.0. The van der Waals surface area contributed by atoms with Crippen molar-refractivity contribution in [3.8, 4) is 0 Å². The molecule has 0 aliphatic rings. The van der Waals surface area contributed by atoms with E-state index in [1.807, 2.05) is 30.3 Å². The van der Waals surface area contributed by atoms with Gasteiger partial charge in [0.25, 0.3) is 5.91 Å². The van der Waals surface area contributed by atoms with Gasteiger partial charge in [0.1, 0.15) is 6.04 Å². The Labute approximate surface area is 150 Å². The van der Waals surface area contributed by atoms with Crippen LogP contribution >= 0.6 is 11.6 Å². The highest BCUT2D eigenvalue weighted by molar-refractivity contribution is 6.31. The minimum Gasteiger partial charge on any atom is -0.480 e. The summed E-state index contributed by atoms with van der Waals surface area (Å²) in [7, 11) is 0. The molecule has 0 spiro atoms.